The summed E-state index contributed by atoms with van der Waals surface area (Å²) in [5.41, 5.74) is 13.0. The Morgan fingerprint density at radius 1 is 0.926 bits per heavy atom. The van der Waals surface area contributed by atoms with Gasteiger partial charge in [-0.15, -0.1) is 0 Å². The third kappa shape index (κ3) is 3.32. The summed E-state index contributed by atoms with van der Waals surface area (Å²) in [5.74, 6) is -0.259. The number of rotatable bonds is 3. The number of pyridine rings is 2. The van der Waals surface area contributed by atoms with Crippen molar-refractivity contribution in [2.75, 3.05) is 0 Å². The first-order valence-corrected chi connectivity index (χ1v) is 8.90. The van der Waals surface area contributed by atoms with Crippen LogP contribution in [0.2, 0.25) is 0 Å². The van der Waals surface area contributed by atoms with Gasteiger partial charge in [-0.25, -0.2) is 9.37 Å². The van der Waals surface area contributed by atoms with Crippen molar-refractivity contribution in [1.82, 2.24) is 9.97 Å². The third-order valence-electron chi connectivity index (χ3n) is 4.71. The molecule has 0 bridgehead atoms. The van der Waals surface area contributed by atoms with Crippen molar-refractivity contribution in [2.24, 2.45) is 5.73 Å². The van der Waals surface area contributed by atoms with Crippen molar-refractivity contribution in [3.63, 3.8) is 0 Å². The standard InChI is InChI=1S/C23H20FN3/c1-14-11-19(15(2)25)21-13-20(16-3-5-18(24)6-4-16)23(27-22(21)12-14)17-7-9-26-10-8-17/h3-13,15H,25H2,1-2H3. The van der Waals surface area contributed by atoms with Crippen LogP contribution in [0, 0.1) is 12.7 Å². The summed E-state index contributed by atoms with van der Waals surface area (Å²) in [6.07, 6.45) is 3.50. The van der Waals surface area contributed by atoms with E-state index in [-0.39, 0.29) is 11.9 Å². The molecular weight excluding hydrogens is 337 g/mol. The second-order valence-corrected chi connectivity index (χ2v) is 6.84. The Morgan fingerprint density at radius 3 is 2.30 bits per heavy atom. The highest BCUT2D eigenvalue weighted by atomic mass is 19.1. The maximum Gasteiger partial charge on any atom is 0.123 e. The van der Waals surface area contributed by atoms with Crippen LogP contribution in [0.1, 0.15) is 24.1 Å². The fraction of sp³-hybridized carbons (Fsp3) is 0.130. The van der Waals surface area contributed by atoms with Gasteiger partial charge in [0.05, 0.1) is 11.2 Å². The van der Waals surface area contributed by atoms with Crippen LogP contribution in [-0.4, -0.2) is 9.97 Å². The van der Waals surface area contributed by atoms with E-state index in [4.69, 9.17) is 10.7 Å². The second-order valence-electron chi connectivity index (χ2n) is 6.84. The molecule has 2 aromatic carbocycles. The number of nitrogens with zero attached hydrogens (tertiary/aromatic N) is 2. The van der Waals surface area contributed by atoms with Gasteiger partial charge in [0, 0.05) is 34.9 Å². The molecule has 27 heavy (non-hydrogen) atoms. The Morgan fingerprint density at radius 2 is 1.63 bits per heavy atom. The van der Waals surface area contributed by atoms with E-state index in [2.05, 4.69) is 23.2 Å². The summed E-state index contributed by atoms with van der Waals surface area (Å²) >= 11 is 0. The molecule has 0 fully saturated rings. The van der Waals surface area contributed by atoms with E-state index in [1.807, 2.05) is 26.0 Å². The molecule has 4 aromatic rings. The predicted octanol–water partition coefficient (Wildman–Crippen LogP) is 5.43. The third-order valence-corrected chi connectivity index (χ3v) is 4.71. The molecule has 0 aliphatic rings. The van der Waals surface area contributed by atoms with E-state index < -0.39 is 0 Å². The molecule has 0 aliphatic carbocycles. The summed E-state index contributed by atoms with van der Waals surface area (Å²) < 4.78 is 13.5. The van der Waals surface area contributed by atoms with E-state index in [9.17, 15) is 4.39 Å². The first-order valence-electron chi connectivity index (χ1n) is 8.90. The fourth-order valence-electron chi connectivity index (χ4n) is 3.41. The molecule has 1 unspecified atom stereocenters. The molecule has 4 rings (SSSR count). The molecule has 1 atom stereocenters. The Balaban J connectivity index is 2.07. The van der Waals surface area contributed by atoms with Crippen LogP contribution in [-0.2, 0) is 0 Å². The van der Waals surface area contributed by atoms with Crippen LogP contribution in [0.3, 0.4) is 0 Å². The molecule has 3 nitrogen and oxygen atoms in total. The van der Waals surface area contributed by atoms with Gasteiger partial charge in [-0.05, 0) is 66.9 Å². The van der Waals surface area contributed by atoms with Gasteiger partial charge in [0.1, 0.15) is 5.82 Å². The van der Waals surface area contributed by atoms with Gasteiger partial charge in [0.15, 0.2) is 0 Å². The number of fused-ring (bicyclic) bond motifs is 1. The number of hydrogen-bond donors (Lipinski definition) is 1. The molecular formula is C23H20FN3. The normalized spacial score (nSPS) is 12.3. The smallest absolute Gasteiger partial charge is 0.123 e. The monoisotopic (exact) mass is 357 g/mol. The topological polar surface area (TPSA) is 51.8 Å². The van der Waals surface area contributed by atoms with Crippen molar-refractivity contribution in [2.45, 2.75) is 19.9 Å². The molecule has 0 radical (unpaired) electrons. The van der Waals surface area contributed by atoms with E-state index in [0.29, 0.717) is 0 Å². The lowest BCUT2D eigenvalue weighted by molar-refractivity contribution is 0.628. The van der Waals surface area contributed by atoms with Gasteiger partial charge in [-0.1, -0.05) is 18.2 Å². The summed E-state index contributed by atoms with van der Waals surface area (Å²) in [7, 11) is 0. The summed E-state index contributed by atoms with van der Waals surface area (Å²) in [6, 6.07) is 16.5. The van der Waals surface area contributed by atoms with Gasteiger partial charge in [0.25, 0.3) is 0 Å². The van der Waals surface area contributed by atoms with Crippen LogP contribution in [0.25, 0.3) is 33.3 Å². The van der Waals surface area contributed by atoms with Gasteiger partial charge in [-0.3, -0.25) is 4.98 Å². The minimum atomic E-state index is -0.259. The summed E-state index contributed by atoms with van der Waals surface area (Å²) in [4.78, 5) is 9.08. The number of hydrogen-bond acceptors (Lipinski definition) is 3. The predicted molar refractivity (Wildman–Crippen MR) is 108 cm³/mol. The van der Waals surface area contributed by atoms with Crippen molar-refractivity contribution in [3.8, 4) is 22.4 Å². The number of aromatic nitrogens is 2. The van der Waals surface area contributed by atoms with Crippen molar-refractivity contribution in [1.29, 1.82) is 0 Å². The maximum absolute atomic E-state index is 13.5. The van der Waals surface area contributed by atoms with Crippen LogP contribution in [0.15, 0.2) is 67.0 Å². The minimum Gasteiger partial charge on any atom is -0.324 e. The van der Waals surface area contributed by atoms with Gasteiger partial charge < -0.3 is 5.73 Å². The molecule has 2 heterocycles. The molecule has 0 aliphatic heterocycles. The molecule has 0 saturated carbocycles. The highest BCUT2D eigenvalue weighted by Gasteiger charge is 2.15. The Kier molecular flexibility index (Phi) is 4.42. The molecule has 2 aromatic heterocycles. The van der Waals surface area contributed by atoms with Gasteiger partial charge in [0.2, 0.25) is 0 Å². The molecule has 0 amide bonds. The number of aryl methyl sites for hydroxylation is 1. The second kappa shape index (κ2) is 6.89. The molecule has 0 saturated heterocycles. The lowest BCUT2D eigenvalue weighted by atomic mass is 9.94. The molecule has 4 heteroatoms. The highest BCUT2D eigenvalue weighted by molar-refractivity contribution is 5.93. The van der Waals surface area contributed by atoms with Gasteiger partial charge in [-0.2, -0.15) is 0 Å². The number of halogens is 1. The molecule has 0 spiro atoms. The van der Waals surface area contributed by atoms with Gasteiger partial charge >= 0.3 is 0 Å². The van der Waals surface area contributed by atoms with Crippen molar-refractivity contribution >= 4 is 10.9 Å². The zero-order valence-corrected chi connectivity index (χ0v) is 15.3. The Bertz CT molecular complexity index is 1100. The molecule has 134 valence electrons. The first kappa shape index (κ1) is 17.3. The first-order chi connectivity index (χ1) is 13.0. The van der Waals surface area contributed by atoms with Crippen molar-refractivity contribution < 1.29 is 4.39 Å². The SMILES string of the molecule is Cc1cc(C(C)N)c2cc(-c3ccc(F)cc3)c(-c3ccncc3)nc2c1. The lowest BCUT2D eigenvalue weighted by Crippen LogP contribution is -2.07. The average molecular weight is 357 g/mol. The molecule has 2 N–H and O–H groups in total. The zero-order chi connectivity index (χ0) is 19.0. The van der Waals surface area contributed by atoms with Crippen molar-refractivity contribution in [3.05, 3.63) is 83.9 Å². The fourth-order valence-corrected chi connectivity index (χ4v) is 3.41. The van der Waals surface area contributed by atoms with E-state index in [1.54, 1.807) is 24.5 Å². The Labute approximate surface area is 157 Å². The summed E-state index contributed by atoms with van der Waals surface area (Å²) in [6.45, 7) is 4.02. The lowest BCUT2D eigenvalue weighted by Gasteiger charge is -2.16. The van der Waals surface area contributed by atoms with Crippen LogP contribution >= 0.6 is 0 Å². The quantitative estimate of drug-likeness (QED) is 0.532. The summed E-state index contributed by atoms with van der Waals surface area (Å²) in [5, 5.41) is 1.02. The Hall–Kier alpha value is -3.11. The minimum absolute atomic E-state index is 0.109. The van der Waals surface area contributed by atoms with Crippen LogP contribution < -0.4 is 5.73 Å². The van der Waals surface area contributed by atoms with E-state index in [0.717, 1.165) is 44.4 Å². The van der Waals surface area contributed by atoms with E-state index in [1.165, 1.54) is 12.1 Å². The van der Waals surface area contributed by atoms with Crippen LogP contribution in [0.4, 0.5) is 4.39 Å². The van der Waals surface area contributed by atoms with Crippen LogP contribution in [0.5, 0.6) is 0 Å². The zero-order valence-electron chi connectivity index (χ0n) is 15.3. The average Bonchev–Trinajstić information content (AvgIpc) is 2.67. The maximum atomic E-state index is 13.5. The number of nitrogens with two attached hydrogens (primary N) is 1. The van der Waals surface area contributed by atoms with E-state index >= 15 is 0 Å². The largest absolute Gasteiger partial charge is 0.324 e. The number of benzene rings is 2. The highest BCUT2D eigenvalue weighted by Crippen LogP contribution is 2.35.